The number of aromatic nitrogens is 2. The van der Waals surface area contributed by atoms with E-state index in [0.29, 0.717) is 13.0 Å². The van der Waals surface area contributed by atoms with Gasteiger partial charge in [0.25, 0.3) is 0 Å². The van der Waals surface area contributed by atoms with E-state index in [1.165, 1.54) is 6.07 Å². The van der Waals surface area contributed by atoms with Crippen molar-refractivity contribution in [2.75, 3.05) is 5.32 Å². The molecule has 1 heterocycles. The molecule has 22 heavy (non-hydrogen) atoms. The van der Waals surface area contributed by atoms with Crippen LogP contribution in [-0.4, -0.2) is 15.7 Å². The normalized spacial score (nSPS) is 10.8. The van der Waals surface area contributed by atoms with E-state index in [9.17, 15) is 13.6 Å². The van der Waals surface area contributed by atoms with Gasteiger partial charge in [-0.1, -0.05) is 0 Å². The number of anilines is 1. The maximum absolute atomic E-state index is 13.4. The first-order valence-corrected chi connectivity index (χ1v) is 7.90. The van der Waals surface area contributed by atoms with Crippen LogP contribution in [-0.2, 0) is 11.3 Å². The first-order chi connectivity index (χ1) is 10.4. The molecule has 0 fully saturated rings. The van der Waals surface area contributed by atoms with E-state index in [-0.39, 0.29) is 18.0 Å². The second kappa shape index (κ2) is 7.17. The van der Waals surface area contributed by atoms with Crippen molar-refractivity contribution in [1.82, 2.24) is 9.78 Å². The van der Waals surface area contributed by atoms with Gasteiger partial charge >= 0.3 is 0 Å². The lowest BCUT2D eigenvalue weighted by Crippen LogP contribution is -2.14. The predicted molar refractivity (Wildman–Crippen MR) is 88.6 cm³/mol. The molecule has 1 aromatic carbocycles. The van der Waals surface area contributed by atoms with Crippen molar-refractivity contribution < 1.29 is 13.6 Å². The van der Waals surface area contributed by atoms with E-state index >= 15 is 0 Å². The number of nitrogens with one attached hydrogen (secondary N) is 1. The summed E-state index contributed by atoms with van der Waals surface area (Å²) in [5, 5.41) is 6.83. The zero-order valence-corrected chi connectivity index (χ0v) is 14.4. The molecule has 0 spiro atoms. The van der Waals surface area contributed by atoms with Crippen LogP contribution in [0.25, 0.3) is 0 Å². The monoisotopic (exact) mass is 419 g/mol. The molecule has 2 aromatic rings. The summed E-state index contributed by atoms with van der Waals surface area (Å²) in [7, 11) is 0. The van der Waals surface area contributed by atoms with Gasteiger partial charge in [-0.15, -0.1) is 0 Å². The van der Waals surface area contributed by atoms with Crippen molar-refractivity contribution in [2.45, 2.75) is 33.2 Å². The molecule has 0 saturated heterocycles. The Morgan fingerprint density at radius 1 is 1.36 bits per heavy atom. The number of amides is 1. The average molecular weight is 419 g/mol. The van der Waals surface area contributed by atoms with Gasteiger partial charge in [0, 0.05) is 24.7 Å². The number of hydrogen-bond donors (Lipinski definition) is 1. The lowest BCUT2D eigenvalue weighted by Gasteiger charge is -2.07. The number of halogens is 3. The molecule has 7 heteroatoms. The van der Waals surface area contributed by atoms with Gasteiger partial charge in [0.1, 0.15) is 11.6 Å². The number of hydrogen-bond acceptors (Lipinski definition) is 2. The Hall–Kier alpha value is -1.51. The summed E-state index contributed by atoms with van der Waals surface area (Å²) in [5.74, 6) is -1.75. The van der Waals surface area contributed by atoms with E-state index in [2.05, 4.69) is 33.0 Å². The van der Waals surface area contributed by atoms with Crippen molar-refractivity contribution in [3.8, 4) is 0 Å². The van der Waals surface area contributed by atoms with E-state index in [0.717, 1.165) is 27.1 Å². The van der Waals surface area contributed by atoms with Crippen molar-refractivity contribution in [1.29, 1.82) is 0 Å². The fraction of sp³-hybridized carbons (Fsp3) is 0.333. The van der Waals surface area contributed by atoms with Crippen LogP contribution in [0.1, 0.15) is 24.2 Å². The Balaban J connectivity index is 1.86. The van der Waals surface area contributed by atoms with Crippen LogP contribution in [0.2, 0.25) is 0 Å². The largest absolute Gasteiger partial charge is 0.324 e. The van der Waals surface area contributed by atoms with E-state index in [1.54, 1.807) is 0 Å². The molecular weight excluding hydrogens is 403 g/mol. The second-order valence-corrected chi connectivity index (χ2v) is 6.06. The van der Waals surface area contributed by atoms with Crippen LogP contribution < -0.4 is 5.32 Å². The number of rotatable bonds is 5. The van der Waals surface area contributed by atoms with Crippen LogP contribution in [0.15, 0.2) is 18.2 Å². The van der Waals surface area contributed by atoms with Crippen molar-refractivity contribution in [3.63, 3.8) is 0 Å². The molecule has 0 aliphatic rings. The minimum atomic E-state index is -0.776. The molecule has 118 valence electrons. The summed E-state index contributed by atoms with van der Waals surface area (Å²) in [5.41, 5.74) is 2.03. The highest BCUT2D eigenvalue weighted by atomic mass is 127. The number of aryl methyl sites for hydroxylation is 2. The third-order valence-corrected chi connectivity index (χ3v) is 4.83. The minimum absolute atomic E-state index is 0.00735. The summed E-state index contributed by atoms with van der Waals surface area (Å²) >= 11 is 2.24. The molecule has 4 nitrogen and oxygen atoms in total. The van der Waals surface area contributed by atoms with E-state index < -0.39 is 11.6 Å². The standard InChI is InChI=1S/C15H16F2IN3O/c1-9-15(18)10(2)21(20-9)7-3-4-14(22)19-13-6-5-11(16)8-12(13)17/h5-6,8H,3-4,7H2,1-2H3,(H,19,22). The van der Waals surface area contributed by atoms with Gasteiger partial charge in [-0.25, -0.2) is 8.78 Å². The van der Waals surface area contributed by atoms with Crippen molar-refractivity contribution in [2.24, 2.45) is 0 Å². The fourth-order valence-electron chi connectivity index (χ4n) is 2.09. The summed E-state index contributed by atoms with van der Waals surface area (Å²) in [6.07, 6.45) is 0.832. The molecule has 0 radical (unpaired) electrons. The Morgan fingerprint density at radius 2 is 2.09 bits per heavy atom. The van der Waals surface area contributed by atoms with Gasteiger partial charge in [-0.2, -0.15) is 5.10 Å². The minimum Gasteiger partial charge on any atom is -0.324 e. The Kier molecular flexibility index (Phi) is 5.49. The third kappa shape index (κ3) is 4.02. The smallest absolute Gasteiger partial charge is 0.224 e. The summed E-state index contributed by atoms with van der Waals surface area (Å²) < 4.78 is 29.2. The number of benzene rings is 1. The van der Waals surface area contributed by atoms with Crippen LogP contribution in [0.3, 0.4) is 0 Å². The number of carbonyl (C=O) groups excluding carboxylic acids is 1. The zero-order chi connectivity index (χ0) is 16.3. The van der Waals surface area contributed by atoms with Crippen LogP contribution in [0.4, 0.5) is 14.5 Å². The van der Waals surface area contributed by atoms with Gasteiger partial charge in [-0.3, -0.25) is 9.48 Å². The summed E-state index contributed by atoms with van der Waals surface area (Å²) in [6.45, 7) is 4.54. The molecule has 1 aromatic heterocycles. The first kappa shape index (κ1) is 16.9. The van der Waals surface area contributed by atoms with Gasteiger partial charge in [0.05, 0.1) is 15.0 Å². The van der Waals surface area contributed by atoms with Crippen LogP contribution >= 0.6 is 22.6 Å². The Morgan fingerprint density at radius 3 is 2.68 bits per heavy atom. The highest BCUT2D eigenvalue weighted by molar-refractivity contribution is 14.1. The number of carbonyl (C=O) groups is 1. The van der Waals surface area contributed by atoms with Gasteiger partial charge in [0.2, 0.25) is 5.91 Å². The van der Waals surface area contributed by atoms with E-state index in [1.807, 2.05) is 18.5 Å². The molecule has 0 unspecified atom stereocenters. The van der Waals surface area contributed by atoms with Crippen molar-refractivity contribution >= 4 is 34.2 Å². The maximum atomic E-state index is 13.4. The van der Waals surface area contributed by atoms with E-state index in [4.69, 9.17) is 0 Å². The maximum Gasteiger partial charge on any atom is 0.224 e. The first-order valence-electron chi connectivity index (χ1n) is 6.83. The molecule has 1 amide bonds. The molecule has 1 N–H and O–H groups in total. The molecule has 0 atom stereocenters. The van der Waals surface area contributed by atoms with Crippen LogP contribution in [0, 0.1) is 29.1 Å². The number of nitrogens with zero attached hydrogens (tertiary/aromatic N) is 2. The molecule has 0 saturated carbocycles. The van der Waals surface area contributed by atoms with Gasteiger partial charge in [0.15, 0.2) is 0 Å². The lowest BCUT2D eigenvalue weighted by molar-refractivity contribution is -0.116. The lowest BCUT2D eigenvalue weighted by atomic mass is 10.2. The topological polar surface area (TPSA) is 46.9 Å². The zero-order valence-electron chi connectivity index (χ0n) is 12.3. The Labute approximate surface area is 141 Å². The fourth-order valence-corrected chi connectivity index (χ4v) is 2.47. The highest BCUT2D eigenvalue weighted by Crippen LogP contribution is 2.17. The quantitative estimate of drug-likeness (QED) is 0.750. The molecule has 0 aliphatic heterocycles. The molecule has 0 bridgehead atoms. The van der Waals surface area contributed by atoms with Gasteiger partial charge in [-0.05, 0) is 55.0 Å². The Bertz CT molecular complexity index is 700. The molecule has 2 rings (SSSR count). The summed E-state index contributed by atoms with van der Waals surface area (Å²) in [4.78, 5) is 11.8. The molecule has 0 aliphatic carbocycles. The van der Waals surface area contributed by atoms with Crippen LogP contribution in [0.5, 0.6) is 0 Å². The highest BCUT2D eigenvalue weighted by Gasteiger charge is 2.10. The summed E-state index contributed by atoms with van der Waals surface area (Å²) in [6, 6.07) is 3.07. The second-order valence-electron chi connectivity index (χ2n) is 4.98. The third-order valence-electron chi connectivity index (χ3n) is 3.27. The molecular formula is C15H16F2IN3O. The van der Waals surface area contributed by atoms with Crippen molar-refractivity contribution in [3.05, 3.63) is 44.8 Å². The predicted octanol–water partition coefficient (Wildman–Crippen LogP) is 3.80. The van der Waals surface area contributed by atoms with Gasteiger partial charge < -0.3 is 5.32 Å². The average Bonchev–Trinajstić information content (AvgIpc) is 2.70. The SMILES string of the molecule is Cc1nn(CCCC(=O)Nc2ccc(F)cc2F)c(C)c1I.